The summed E-state index contributed by atoms with van der Waals surface area (Å²) in [5.41, 5.74) is 0.877. The highest BCUT2D eigenvalue weighted by molar-refractivity contribution is 5.83. The fourth-order valence-electron chi connectivity index (χ4n) is 2.66. The topological polar surface area (TPSA) is 76.5 Å². The third-order valence-corrected chi connectivity index (χ3v) is 4.18. The zero-order valence-corrected chi connectivity index (χ0v) is 12.8. The second kappa shape index (κ2) is 6.48. The van der Waals surface area contributed by atoms with Gasteiger partial charge in [0.25, 0.3) is 0 Å². The minimum absolute atomic E-state index is 0.0416. The van der Waals surface area contributed by atoms with Gasteiger partial charge in [-0.2, -0.15) is 0 Å². The maximum atomic E-state index is 12.4. The van der Waals surface area contributed by atoms with E-state index in [1.54, 1.807) is 17.4 Å². The van der Waals surface area contributed by atoms with E-state index in [1.807, 2.05) is 11.5 Å². The Morgan fingerprint density at radius 1 is 1.45 bits per heavy atom. The smallest absolute Gasteiger partial charge is 0.249 e. The monoisotopic (exact) mass is 306 g/mol. The minimum Gasteiger partial charge on any atom is -0.372 e. The Bertz CT molecular complexity index is 553. The molecule has 7 heteroatoms. The van der Waals surface area contributed by atoms with Gasteiger partial charge in [0.15, 0.2) is 0 Å². The van der Waals surface area contributed by atoms with E-state index in [4.69, 9.17) is 4.74 Å². The number of amides is 2. The Kier molecular flexibility index (Phi) is 4.42. The molecule has 0 saturated heterocycles. The third-order valence-electron chi connectivity index (χ3n) is 4.18. The molecule has 0 bridgehead atoms. The largest absolute Gasteiger partial charge is 0.372 e. The van der Waals surface area contributed by atoms with Crippen LogP contribution < -0.4 is 5.32 Å². The second-order valence-electron chi connectivity index (χ2n) is 5.91. The molecule has 0 aromatic carbocycles. The van der Waals surface area contributed by atoms with Gasteiger partial charge in [0.1, 0.15) is 12.6 Å². The molecule has 2 amide bonds. The summed E-state index contributed by atoms with van der Waals surface area (Å²) in [6.45, 7) is 3.98. The lowest BCUT2D eigenvalue weighted by molar-refractivity contribution is -0.139. The van der Waals surface area contributed by atoms with Crippen LogP contribution in [0, 0.1) is 5.92 Å². The SMILES string of the molecule is CCOCC(=O)N1Cc2cncn2[C@@H](C(=O)NCC2CC2)C1. The fourth-order valence-corrected chi connectivity index (χ4v) is 2.66. The van der Waals surface area contributed by atoms with Crippen LogP contribution in [-0.2, 0) is 20.9 Å². The number of ether oxygens (including phenoxy) is 1. The number of nitrogens with one attached hydrogen (secondary N) is 1. The van der Waals surface area contributed by atoms with Crippen LogP contribution in [0.15, 0.2) is 12.5 Å². The van der Waals surface area contributed by atoms with Crippen molar-refractivity contribution in [3.8, 4) is 0 Å². The molecule has 7 nitrogen and oxygen atoms in total. The van der Waals surface area contributed by atoms with Crippen LogP contribution in [0.3, 0.4) is 0 Å². The molecule has 22 heavy (non-hydrogen) atoms. The molecule has 1 atom stereocenters. The summed E-state index contributed by atoms with van der Waals surface area (Å²) in [5, 5.41) is 2.99. The summed E-state index contributed by atoms with van der Waals surface area (Å²) in [4.78, 5) is 30.4. The van der Waals surface area contributed by atoms with E-state index >= 15 is 0 Å². The maximum Gasteiger partial charge on any atom is 0.249 e. The van der Waals surface area contributed by atoms with Crippen molar-refractivity contribution < 1.29 is 14.3 Å². The number of nitrogens with zero attached hydrogens (tertiary/aromatic N) is 3. The van der Waals surface area contributed by atoms with E-state index in [0.29, 0.717) is 25.6 Å². The molecular formula is C15H22N4O3. The second-order valence-corrected chi connectivity index (χ2v) is 5.91. The van der Waals surface area contributed by atoms with Crippen molar-refractivity contribution in [1.82, 2.24) is 19.8 Å². The molecule has 1 aliphatic heterocycles. The predicted molar refractivity (Wildman–Crippen MR) is 78.9 cm³/mol. The van der Waals surface area contributed by atoms with Crippen LogP contribution in [0.4, 0.5) is 0 Å². The van der Waals surface area contributed by atoms with Crippen LogP contribution in [0.2, 0.25) is 0 Å². The van der Waals surface area contributed by atoms with Crippen LogP contribution >= 0.6 is 0 Å². The molecule has 0 radical (unpaired) electrons. The molecule has 0 spiro atoms. The van der Waals surface area contributed by atoms with Gasteiger partial charge in [-0.25, -0.2) is 4.98 Å². The Balaban J connectivity index is 1.68. The van der Waals surface area contributed by atoms with E-state index in [9.17, 15) is 9.59 Å². The number of imidazole rings is 1. The normalized spacial score (nSPS) is 20.6. The standard InChI is InChI=1S/C15H22N4O3/c1-2-22-9-14(20)18-7-12-6-16-10-19(12)13(8-18)15(21)17-5-11-3-4-11/h6,10-11,13H,2-5,7-9H2,1H3,(H,17,21)/t13-/m1/s1. The van der Waals surface area contributed by atoms with Gasteiger partial charge in [-0.15, -0.1) is 0 Å². The first-order valence-corrected chi connectivity index (χ1v) is 7.83. The number of hydrogen-bond donors (Lipinski definition) is 1. The maximum absolute atomic E-state index is 12.4. The molecule has 0 unspecified atom stereocenters. The van der Waals surface area contributed by atoms with E-state index < -0.39 is 6.04 Å². The van der Waals surface area contributed by atoms with Crippen LogP contribution in [-0.4, -0.2) is 52.6 Å². The number of aromatic nitrogens is 2. The average molecular weight is 306 g/mol. The highest BCUT2D eigenvalue weighted by Crippen LogP contribution is 2.28. The van der Waals surface area contributed by atoms with Crippen molar-refractivity contribution in [1.29, 1.82) is 0 Å². The molecule has 1 fully saturated rings. The molecular weight excluding hydrogens is 284 g/mol. The predicted octanol–water partition coefficient (Wildman–Crippen LogP) is 0.329. The van der Waals surface area contributed by atoms with Gasteiger partial charge in [0.05, 0.1) is 25.1 Å². The van der Waals surface area contributed by atoms with Crippen molar-refractivity contribution in [2.45, 2.75) is 32.4 Å². The summed E-state index contributed by atoms with van der Waals surface area (Å²) in [7, 11) is 0. The fraction of sp³-hybridized carbons (Fsp3) is 0.667. The molecule has 3 rings (SSSR count). The van der Waals surface area contributed by atoms with Gasteiger partial charge in [-0.3, -0.25) is 9.59 Å². The zero-order valence-electron chi connectivity index (χ0n) is 12.8. The lowest BCUT2D eigenvalue weighted by atomic mass is 10.1. The summed E-state index contributed by atoms with van der Waals surface area (Å²) >= 11 is 0. The first-order chi connectivity index (χ1) is 10.7. The van der Waals surface area contributed by atoms with Crippen molar-refractivity contribution in [2.24, 2.45) is 5.92 Å². The zero-order chi connectivity index (χ0) is 15.5. The molecule has 120 valence electrons. The molecule has 1 aromatic rings. The van der Waals surface area contributed by atoms with Crippen LogP contribution in [0.5, 0.6) is 0 Å². The number of fused-ring (bicyclic) bond motifs is 1. The Morgan fingerprint density at radius 3 is 3.00 bits per heavy atom. The van der Waals surface area contributed by atoms with Crippen molar-refractivity contribution in [3.63, 3.8) is 0 Å². The van der Waals surface area contributed by atoms with Gasteiger partial charge < -0.3 is 19.5 Å². The number of hydrogen-bond acceptors (Lipinski definition) is 4. The van der Waals surface area contributed by atoms with E-state index in [-0.39, 0.29) is 18.4 Å². The lowest BCUT2D eigenvalue weighted by Gasteiger charge is -2.33. The third kappa shape index (κ3) is 3.30. The molecule has 2 aliphatic rings. The van der Waals surface area contributed by atoms with Crippen molar-refractivity contribution >= 4 is 11.8 Å². The molecule has 1 N–H and O–H groups in total. The molecule has 1 aliphatic carbocycles. The number of rotatable bonds is 6. The van der Waals surface area contributed by atoms with Gasteiger partial charge in [-0.1, -0.05) is 0 Å². The molecule has 1 aromatic heterocycles. The van der Waals surface area contributed by atoms with Gasteiger partial charge in [0, 0.05) is 19.3 Å². The number of carbonyl (C=O) groups excluding carboxylic acids is 2. The average Bonchev–Trinajstić information content (AvgIpc) is 3.24. The molecule has 2 heterocycles. The summed E-state index contributed by atoms with van der Waals surface area (Å²) in [6.07, 6.45) is 5.77. The first-order valence-electron chi connectivity index (χ1n) is 7.83. The van der Waals surface area contributed by atoms with Crippen LogP contribution in [0.25, 0.3) is 0 Å². The van der Waals surface area contributed by atoms with E-state index in [2.05, 4.69) is 10.3 Å². The first kappa shape index (κ1) is 15.0. The summed E-state index contributed by atoms with van der Waals surface area (Å²) in [5.74, 6) is 0.500. The van der Waals surface area contributed by atoms with Gasteiger partial charge >= 0.3 is 0 Å². The molecule has 1 saturated carbocycles. The van der Waals surface area contributed by atoms with Crippen molar-refractivity contribution in [2.75, 3.05) is 26.3 Å². The Hall–Kier alpha value is -1.89. The minimum atomic E-state index is -0.407. The Labute approximate surface area is 129 Å². The van der Waals surface area contributed by atoms with Crippen molar-refractivity contribution in [3.05, 3.63) is 18.2 Å². The summed E-state index contributed by atoms with van der Waals surface area (Å²) < 4.78 is 7.05. The van der Waals surface area contributed by atoms with Gasteiger partial charge in [0.2, 0.25) is 11.8 Å². The van der Waals surface area contributed by atoms with Crippen LogP contribution in [0.1, 0.15) is 31.5 Å². The van der Waals surface area contributed by atoms with E-state index in [0.717, 1.165) is 12.2 Å². The quantitative estimate of drug-likeness (QED) is 0.821. The Morgan fingerprint density at radius 2 is 2.27 bits per heavy atom. The highest BCUT2D eigenvalue weighted by Gasteiger charge is 2.33. The van der Waals surface area contributed by atoms with Gasteiger partial charge in [-0.05, 0) is 25.7 Å². The lowest BCUT2D eigenvalue weighted by Crippen LogP contribution is -2.47. The highest BCUT2D eigenvalue weighted by atomic mass is 16.5. The van der Waals surface area contributed by atoms with E-state index in [1.165, 1.54) is 12.8 Å². The summed E-state index contributed by atoms with van der Waals surface area (Å²) in [6, 6.07) is -0.407. The number of carbonyl (C=O) groups is 2.